The zero-order valence-electron chi connectivity index (χ0n) is 8.52. The van der Waals surface area contributed by atoms with Gasteiger partial charge in [0.1, 0.15) is 5.82 Å². The molecule has 0 bridgehead atoms. The fraction of sp³-hybridized carbons (Fsp3) is 0.500. The topological polar surface area (TPSA) is 24.9 Å². The molecular formula is C10H16N2Si. The van der Waals surface area contributed by atoms with Crippen LogP contribution in [0.1, 0.15) is 5.56 Å². The highest BCUT2D eigenvalue weighted by Gasteiger charge is 2.20. The Morgan fingerprint density at radius 1 is 1.38 bits per heavy atom. The molecule has 1 N–H and O–H groups in total. The number of fused-ring (bicyclic) bond motifs is 1. The van der Waals surface area contributed by atoms with Crippen molar-refractivity contribution in [2.75, 3.05) is 11.9 Å². The smallest absolute Gasteiger partial charge is 0.129 e. The molecule has 13 heavy (non-hydrogen) atoms. The molecule has 1 aliphatic heterocycles. The van der Waals surface area contributed by atoms with Crippen LogP contribution in [0.5, 0.6) is 0 Å². The molecule has 0 radical (unpaired) electrons. The minimum atomic E-state index is -1.17. The van der Waals surface area contributed by atoms with Crippen LogP contribution in [0.4, 0.5) is 5.82 Å². The van der Waals surface area contributed by atoms with Gasteiger partial charge < -0.3 is 5.32 Å². The number of rotatable bonds is 1. The van der Waals surface area contributed by atoms with Crippen LogP contribution in [-0.2, 0) is 6.42 Å². The first-order valence-electron chi connectivity index (χ1n) is 4.80. The molecule has 0 saturated carbocycles. The maximum atomic E-state index is 4.45. The monoisotopic (exact) mass is 192 g/mol. The van der Waals surface area contributed by atoms with E-state index in [2.05, 4.69) is 36.0 Å². The van der Waals surface area contributed by atoms with Crippen LogP contribution in [0, 0.1) is 0 Å². The zero-order chi connectivity index (χ0) is 9.47. The van der Waals surface area contributed by atoms with Crippen molar-refractivity contribution < 1.29 is 0 Å². The second kappa shape index (κ2) is 2.84. The van der Waals surface area contributed by atoms with Gasteiger partial charge in [-0.2, -0.15) is 0 Å². The zero-order valence-corrected chi connectivity index (χ0v) is 9.52. The Hall–Kier alpha value is -0.833. The Morgan fingerprint density at radius 2 is 2.15 bits per heavy atom. The van der Waals surface area contributed by atoms with Crippen LogP contribution in [-0.4, -0.2) is 19.6 Å². The molecule has 0 spiro atoms. The Balaban J connectivity index is 2.42. The summed E-state index contributed by atoms with van der Waals surface area (Å²) in [6.45, 7) is 8.13. The highest BCUT2D eigenvalue weighted by atomic mass is 28.3. The first-order valence-corrected chi connectivity index (χ1v) is 8.30. The van der Waals surface area contributed by atoms with Gasteiger partial charge in [0.25, 0.3) is 0 Å². The van der Waals surface area contributed by atoms with Crippen molar-refractivity contribution in [3.63, 3.8) is 0 Å². The maximum absolute atomic E-state index is 4.45. The van der Waals surface area contributed by atoms with E-state index in [1.165, 1.54) is 10.8 Å². The summed E-state index contributed by atoms with van der Waals surface area (Å²) in [4.78, 5) is 4.45. The molecule has 0 atom stereocenters. The van der Waals surface area contributed by atoms with E-state index >= 15 is 0 Å². The molecule has 1 aromatic rings. The summed E-state index contributed by atoms with van der Waals surface area (Å²) >= 11 is 0. The van der Waals surface area contributed by atoms with Gasteiger partial charge in [0.15, 0.2) is 0 Å². The first kappa shape index (κ1) is 8.75. The third-order valence-electron chi connectivity index (χ3n) is 2.52. The van der Waals surface area contributed by atoms with Crippen molar-refractivity contribution in [1.29, 1.82) is 0 Å². The van der Waals surface area contributed by atoms with E-state index in [4.69, 9.17) is 0 Å². The standard InChI is InChI=1S/C10H16N2Si/c1-13(2,3)9-6-8-4-5-11-10(8)12-7-9/h6-7H,4-5H2,1-3H3,(H,11,12). The van der Waals surface area contributed by atoms with Crippen LogP contribution in [0.25, 0.3) is 0 Å². The summed E-state index contributed by atoms with van der Waals surface area (Å²) in [7, 11) is -1.17. The second-order valence-electron chi connectivity index (χ2n) is 4.66. The highest BCUT2D eigenvalue weighted by Crippen LogP contribution is 2.18. The molecular weight excluding hydrogens is 176 g/mol. The number of nitrogens with zero attached hydrogens (tertiary/aromatic N) is 1. The highest BCUT2D eigenvalue weighted by molar-refractivity contribution is 6.88. The minimum absolute atomic E-state index is 1.05. The summed E-state index contributed by atoms with van der Waals surface area (Å²) in [6, 6.07) is 2.34. The molecule has 2 nitrogen and oxygen atoms in total. The predicted octanol–water partition coefficient (Wildman–Crippen LogP) is 1.59. The lowest BCUT2D eigenvalue weighted by Gasteiger charge is -2.16. The molecule has 0 saturated heterocycles. The van der Waals surface area contributed by atoms with Crippen LogP contribution in [0.15, 0.2) is 12.3 Å². The van der Waals surface area contributed by atoms with Crippen LogP contribution in [0.2, 0.25) is 19.6 Å². The molecule has 2 rings (SSSR count). The van der Waals surface area contributed by atoms with Crippen LogP contribution in [0.3, 0.4) is 0 Å². The second-order valence-corrected chi connectivity index (χ2v) is 9.74. The summed E-state index contributed by atoms with van der Waals surface area (Å²) in [6.07, 6.45) is 3.18. The van der Waals surface area contributed by atoms with E-state index in [0.29, 0.717) is 0 Å². The Bertz CT molecular complexity index is 328. The lowest BCUT2D eigenvalue weighted by molar-refractivity contribution is 1.11. The van der Waals surface area contributed by atoms with Gasteiger partial charge in [0.2, 0.25) is 0 Å². The Labute approximate surface area is 80.4 Å². The number of hydrogen-bond donors (Lipinski definition) is 1. The van der Waals surface area contributed by atoms with Gasteiger partial charge in [-0.05, 0) is 17.2 Å². The van der Waals surface area contributed by atoms with E-state index in [-0.39, 0.29) is 0 Å². The molecule has 2 heterocycles. The van der Waals surface area contributed by atoms with Gasteiger partial charge in [0.05, 0.1) is 8.07 Å². The fourth-order valence-corrected chi connectivity index (χ4v) is 2.64. The minimum Gasteiger partial charge on any atom is -0.370 e. The van der Waals surface area contributed by atoms with Gasteiger partial charge in [0, 0.05) is 12.7 Å². The van der Waals surface area contributed by atoms with Gasteiger partial charge in [-0.1, -0.05) is 25.7 Å². The van der Waals surface area contributed by atoms with Gasteiger partial charge in [-0.25, -0.2) is 4.98 Å². The van der Waals surface area contributed by atoms with Crippen LogP contribution >= 0.6 is 0 Å². The summed E-state index contributed by atoms with van der Waals surface area (Å²) in [5.41, 5.74) is 1.40. The van der Waals surface area contributed by atoms with Gasteiger partial charge >= 0.3 is 0 Å². The van der Waals surface area contributed by atoms with Crippen molar-refractivity contribution in [3.8, 4) is 0 Å². The van der Waals surface area contributed by atoms with Crippen molar-refractivity contribution >= 4 is 19.1 Å². The third kappa shape index (κ3) is 1.61. The quantitative estimate of drug-likeness (QED) is 0.684. The summed E-state index contributed by atoms with van der Waals surface area (Å²) < 4.78 is 0. The van der Waals surface area contributed by atoms with E-state index in [0.717, 1.165) is 18.8 Å². The SMILES string of the molecule is C[Si](C)(C)c1cnc2c(c1)CCN2. The number of nitrogens with one attached hydrogen (secondary N) is 1. The van der Waals surface area contributed by atoms with E-state index < -0.39 is 8.07 Å². The summed E-state index contributed by atoms with van der Waals surface area (Å²) in [5.74, 6) is 1.10. The molecule has 0 aromatic carbocycles. The maximum Gasteiger partial charge on any atom is 0.129 e. The van der Waals surface area contributed by atoms with E-state index in [1.54, 1.807) is 0 Å². The van der Waals surface area contributed by atoms with Gasteiger partial charge in [-0.15, -0.1) is 0 Å². The molecule has 0 unspecified atom stereocenters. The average Bonchev–Trinajstić information content (AvgIpc) is 2.47. The normalized spacial score (nSPS) is 15.3. The van der Waals surface area contributed by atoms with Crippen LogP contribution < -0.4 is 10.5 Å². The lowest BCUT2D eigenvalue weighted by Crippen LogP contribution is -2.38. The molecule has 70 valence electrons. The molecule has 1 aromatic heterocycles. The van der Waals surface area contributed by atoms with Crippen molar-refractivity contribution in [1.82, 2.24) is 4.98 Å². The predicted molar refractivity (Wildman–Crippen MR) is 59.4 cm³/mol. The third-order valence-corrected chi connectivity index (χ3v) is 4.52. The van der Waals surface area contributed by atoms with Gasteiger partial charge in [-0.3, -0.25) is 0 Å². The fourth-order valence-electron chi connectivity index (χ4n) is 1.59. The molecule has 3 heteroatoms. The van der Waals surface area contributed by atoms with E-state index in [1.807, 2.05) is 6.20 Å². The summed E-state index contributed by atoms with van der Waals surface area (Å²) in [5, 5.41) is 4.75. The molecule has 0 fully saturated rings. The Kier molecular flexibility index (Phi) is 1.91. The van der Waals surface area contributed by atoms with Crippen molar-refractivity contribution in [2.24, 2.45) is 0 Å². The number of pyridine rings is 1. The number of hydrogen-bond acceptors (Lipinski definition) is 2. The molecule has 0 aliphatic carbocycles. The average molecular weight is 192 g/mol. The van der Waals surface area contributed by atoms with Crippen molar-refractivity contribution in [2.45, 2.75) is 26.1 Å². The van der Waals surface area contributed by atoms with Crippen molar-refractivity contribution in [3.05, 3.63) is 17.8 Å². The molecule has 0 amide bonds. The number of anilines is 1. The van der Waals surface area contributed by atoms with E-state index in [9.17, 15) is 0 Å². The Morgan fingerprint density at radius 3 is 2.85 bits per heavy atom. The number of aromatic nitrogens is 1. The largest absolute Gasteiger partial charge is 0.370 e. The lowest BCUT2D eigenvalue weighted by atomic mass is 10.2. The first-order chi connectivity index (χ1) is 6.07. The molecule has 1 aliphatic rings.